The van der Waals surface area contributed by atoms with Gasteiger partial charge in [0.25, 0.3) is 0 Å². The van der Waals surface area contributed by atoms with Crippen LogP contribution in [-0.2, 0) is 20.7 Å². The Morgan fingerprint density at radius 1 is 1.45 bits per heavy atom. The highest BCUT2D eigenvalue weighted by atomic mass is 16.5. The number of benzene rings is 1. The molecule has 1 heterocycles. The molecule has 1 aliphatic rings. The Morgan fingerprint density at radius 3 is 3.00 bits per heavy atom. The Bertz CT molecular complexity index is 481. The molecule has 0 saturated carbocycles. The van der Waals surface area contributed by atoms with Crippen molar-refractivity contribution in [2.24, 2.45) is 0 Å². The molecule has 1 atom stereocenters. The van der Waals surface area contributed by atoms with E-state index in [0.29, 0.717) is 18.8 Å². The van der Waals surface area contributed by atoms with Gasteiger partial charge in [0.2, 0.25) is 5.91 Å². The lowest BCUT2D eigenvalue weighted by Crippen LogP contribution is -2.38. The van der Waals surface area contributed by atoms with E-state index in [0.717, 1.165) is 18.4 Å². The van der Waals surface area contributed by atoms with Gasteiger partial charge in [-0.25, -0.2) is 4.79 Å². The fraction of sp³-hybridized carbons (Fsp3) is 0.467. The number of carbonyl (C=O) groups excluding carboxylic acids is 2. The molecule has 108 valence electrons. The predicted octanol–water partition coefficient (Wildman–Crippen LogP) is 1.45. The Morgan fingerprint density at radius 2 is 2.30 bits per heavy atom. The highest BCUT2D eigenvalue weighted by Gasteiger charge is 2.23. The van der Waals surface area contributed by atoms with Crippen molar-refractivity contribution in [1.82, 2.24) is 5.32 Å². The number of hydrogen-bond donors (Lipinski definition) is 1. The number of nitrogens with one attached hydrogen (secondary N) is 1. The fourth-order valence-corrected chi connectivity index (χ4v) is 2.05. The molecule has 1 aromatic rings. The molecule has 1 fully saturated rings. The van der Waals surface area contributed by atoms with Crippen LogP contribution in [0, 0.1) is 0 Å². The summed E-state index contributed by atoms with van der Waals surface area (Å²) in [5.74, 6) is -0.230. The highest BCUT2D eigenvalue weighted by Crippen LogP contribution is 2.14. The van der Waals surface area contributed by atoms with E-state index in [9.17, 15) is 9.59 Å². The van der Waals surface area contributed by atoms with E-state index < -0.39 is 12.1 Å². The third kappa shape index (κ3) is 4.06. The van der Waals surface area contributed by atoms with E-state index >= 15 is 0 Å². The zero-order valence-electron chi connectivity index (χ0n) is 11.6. The summed E-state index contributed by atoms with van der Waals surface area (Å²) >= 11 is 0. The van der Waals surface area contributed by atoms with Crippen molar-refractivity contribution in [3.8, 4) is 5.75 Å². The second-order valence-electron chi connectivity index (χ2n) is 4.69. The van der Waals surface area contributed by atoms with E-state index in [1.54, 1.807) is 6.07 Å². The number of rotatable bonds is 5. The van der Waals surface area contributed by atoms with Gasteiger partial charge in [0.15, 0.2) is 0 Å². The van der Waals surface area contributed by atoms with E-state index in [-0.39, 0.29) is 12.5 Å². The summed E-state index contributed by atoms with van der Waals surface area (Å²) in [5.41, 5.74) is 1.10. The van der Waals surface area contributed by atoms with Gasteiger partial charge >= 0.3 is 5.97 Å². The number of hydrogen-bond acceptors (Lipinski definition) is 4. The number of ether oxygens (including phenoxy) is 2. The van der Waals surface area contributed by atoms with E-state index in [1.807, 2.05) is 25.1 Å². The van der Waals surface area contributed by atoms with E-state index in [4.69, 9.17) is 9.47 Å². The van der Waals surface area contributed by atoms with Crippen molar-refractivity contribution in [3.63, 3.8) is 0 Å². The van der Waals surface area contributed by atoms with Crippen LogP contribution in [-0.4, -0.2) is 31.1 Å². The minimum absolute atomic E-state index is 0.144. The smallest absolute Gasteiger partial charge is 0.330 e. The molecule has 1 aliphatic heterocycles. The molecule has 1 saturated heterocycles. The molecular weight excluding hydrogens is 258 g/mol. The van der Waals surface area contributed by atoms with Crippen LogP contribution in [0.1, 0.15) is 25.3 Å². The van der Waals surface area contributed by atoms with Crippen LogP contribution >= 0.6 is 0 Å². The quantitative estimate of drug-likeness (QED) is 0.653. The molecule has 20 heavy (non-hydrogen) atoms. The molecule has 1 amide bonds. The molecule has 2 rings (SSSR count). The number of esters is 1. The fourth-order valence-electron chi connectivity index (χ4n) is 2.05. The second kappa shape index (κ2) is 7.05. The highest BCUT2D eigenvalue weighted by molar-refractivity contribution is 5.85. The molecule has 5 nitrogen and oxygen atoms in total. The Balaban J connectivity index is 1.78. The van der Waals surface area contributed by atoms with Gasteiger partial charge in [-0.3, -0.25) is 4.79 Å². The standard InChI is InChI=1S/C15H19NO4/c1-2-11-5-3-6-12(9-11)20-14(17)10-16-15(18)13-7-4-8-19-13/h3,5-6,9,13H,2,4,7-8,10H2,1H3,(H,16,18). The van der Waals surface area contributed by atoms with Gasteiger partial charge in [-0.05, 0) is 37.0 Å². The van der Waals surface area contributed by atoms with Crippen LogP contribution in [0.25, 0.3) is 0 Å². The Kier molecular flexibility index (Phi) is 5.12. The van der Waals surface area contributed by atoms with Crippen LogP contribution in [0.2, 0.25) is 0 Å². The van der Waals surface area contributed by atoms with Crippen molar-refractivity contribution in [2.45, 2.75) is 32.3 Å². The number of amides is 1. The minimum atomic E-state index is -0.482. The monoisotopic (exact) mass is 277 g/mol. The van der Waals surface area contributed by atoms with Crippen molar-refractivity contribution in [3.05, 3.63) is 29.8 Å². The summed E-state index contributed by atoms with van der Waals surface area (Å²) in [6, 6.07) is 7.35. The molecule has 0 bridgehead atoms. The lowest BCUT2D eigenvalue weighted by Gasteiger charge is -2.10. The molecule has 1 unspecified atom stereocenters. The first-order chi connectivity index (χ1) is 9.69. The van der Waals surface area contributed by atoms with Crippen LogP contribution in [0.15, 0.2) is 24.3 Å². The van der Waals surface area contributed by atoms with Crippen LogP contribution < -0.4 is 10.1 Å². The molecule has 1 N–H and O–H groups in total. The van der Waals surface area contributed by atoms with Gasteiger partial charge in [0.05, 0.1) is 0 Å². The van der Waals surface area contributed by atoms with Crippen LogP contribution in [0.5, 0.6) is 5.75 Å². The Labute approximate surface area is 118 Å². The number of aryl methyl sites for hydroxylation is 1. The van der Waals surface area contributed by atoms with Gasteiger partial charge in [-0.2, -0.15) is 0 Å². The summed E-state index contributed by atoms with van der Waals surface area (Å²) < 4.78 is 10.4. The maximum atomic E-state index is 11.7. The average molecular weight is 277 g/mol. The summed E-state index contributed by atoms with van der Waals surface area (Å²) in [7, 11) is 0. The average Bonchev–Trinajstić information content (AvgIpc) is 2.99. The largest absolute Gasteiger partial charge is 0.425 e. The summed E-state index contributed by atoms with van der Waals surface area (Å²) in [4.78, 5) is 23.3. The molecular formula is C15H19NO4. The summed E-state index contributed by atoms with van der Waals surface area (Å²) in [5, 5.41) is 2.53. The van der Waals surface area contributed by atoms with Gasteiger partial charge in [-0.1, -0.05) is 19.1 Å². The Hall–Kier alpha value is -1.88. The van der Waals surface area contributed by atoms with Gasteiger partial charge in [0.1, 0.15) is 18.4 Å². The number of carbonyl (C=O) groups is 2. The van der Waals surface area contributed by atoms with Crippen molar-refractivity contribution in [2.75, 3.05) is 13.2 Å². The molecule has 0 spiro atoms. The van der Waals surface area contributed by atoms with Crippen LogP contribution in [0.3, 0.4) is 0 Å². The third-order valence-electron chi connectivity index (χ3n) is 3.17. The SMILES string of the molecule is CCc1cccc(OC(=O)CNC(=O)C2CCCO2)c1. The van der Waals surface area contributed by atoms with Crippen molar-refractivity contribution in [1.29, 1.82) is 0 Å². The lowest BCUT2D eigenvalue weighted by molar-refractivity contribution is -0.137. The maximum Gasteiger partial charge on any atom is 0.330 e. The molecule has 1 aromatic carbocycles. The zero-order chi connectivity index (χ0) is 14.4. The van der Waals surface area contributed by atoms with Crippen molar-refractivity contribution >= 4 is 11.9 Å². The topological polar surface area (TPSA) is 64.6 Å². The molecule has 0 radical (unpaired) electrons. The third-order valence-corrected chi connectivity index (χ3v) is 3.17. The minimum Gasteiger partial charge on any atom is -0.425 e. The first-order valence-electron chi connectivity index (χ1n) is 6.88. The molecule has 5 heteroatoms. The predicted molar refractivity (Wildman–Crippen MR) is 73.4 cm³/mol. The van der Waals surface area contributed by atoms with Crippen molar-refractivity contribution < 1.29 is 19.1 Å². The van der Waals surface area contributed by atoms with Crippen LogP contribution in [0.4, 0.5) is 0 Å². The van der Waals surface area contributed by atoms with Gasteiger partial charge < -0.3 is 14.8 Å². The lowest BCUT2D eigenvalue weighted by atomic mass is 10.2. The summed E-state index contributed by atoms with van der Waals surface area (Å²) in [6.45, 7) is 2.49. The van der Waals surface area contributed by atoms with Gasteiger partial charge in [0, 0.05) is 6.61 Å². The van der Waals surface area contributed by atoms with Gasteiger partial charge in [-0.15, -0.1) is 0 Å². The first-order valence-corrected chi connectivity index (χ1v) is 6.88. The van der Waals surface area contributed by atoms with E-state index in [1.165, 1.54) is 0 Å². The van der Waals surface area contributed by atoms with E-state index in [2.05, 4.69) is 5.32 Å². The molecule has 0 aliphatic carbocycles. The zero-order valence-corrected chi connectivity index (χ0v) is 11.6. The second-order valence-corrected chi connectivity index (χ2v) is 4.69. The summed E-state index contributed by atoms with van der Waals surface area (Å²) in [6.07, 6.45) is 2.04. The first kappa shape index (κ1) is 14.5. The normalized spacial score (nSPS) is 17.8. The maximum absolute atomic E-state index is 11.7. The molecule has 0 aromatic heterocycles.